The second kappa shape index (κ2) is 6.49. The summed E-state index contributed by atoms with van der Waals surface area (Å²) in [7, 11) is -2.14. The fourth-order valence-electron chi connectivity index (χ4n) is 1.51. The quantitative estimate of drug-likeness (QED) is 0.856. The molecule has 0 fully saturated rings. The molecule has 0 saturated heterocycles. The van der Waals surface area contributed by atoms with Crippen LogP contribution < -0.4 is 0 Å². The predicted molar refractivity (Wildman–Crippen MR) is 75.8 cm³/mol. The van der Waals surface area contributed by atoms with Gasteiger partial charge in [-0.2, -0.15) is 0 Å². The Labute approximate surface area is 121 Å². The van der Waals surface area contributed by atoms with E-state index < -0.39 is 16.0 Å². The number of unbranched alkanes of at least 4 members (excludes halogenated alkanes) is 1. The molecular formula is C12H16BrNO4S. The lowest BCUT2D eigenvalue weighted by molar-refractivity contribution is 0.0695. The standard InChI is InChI=1S/C12H16BrNO4S/c1-3-4-7-14(2)19(17,18)9-5-6-11(13)10(8-9)12(15)16/h5-6,8H,3-4,7H2,1-2H3,(H,15,16). The van der Waals surface area contributed by atoms with E-state index in [0.29, 0.717) is 11.0 Å². The lowest BCUT2D eigenvalue weighted by Gasteiger charge is -2.17. The maximum Gasteiger partial charge on any atom is 0.336 e. The van der Waals surface area contributed by atoms with Crippen molar-refractivity contribution in [2.45, 2.75) is 24.7 Å². The normalized spacial score (nSPS) is 11.8. The van der Waals surface area contributed by atoms with Gasteiger partial charge in [-0.05, 0) is 40.5 Å². The molecule has 0 heterocycles. The largest absolute Gasteiger partial charge is 0.478 e. The van der Waals surface area contributed by atoms with Gasteiger partial charge in [0.1, 0.15) is 0 Å². The number of rotatable bonds is 6. The Hall–Kier alpha value is -0.920. The van der Waals surface area contributed by atoms with Crippen molar-refractivity contribution in [3.05, 3.63) is 28.2 Å². The van der Waals surface area contributed by atoms with E-state index in [2.05, 4.69) is 15.9 Å². The van der Waals surface area contributed by atoms with Crippen LogP contribution >= 0.6 is 15.9 Å². The molecule has 0 amide bonds. The van der Waals surface area contributed by atoms with E-state index in [0.717, 1.165) is 12.8 Å². The molecule has 19 heavy (non-hydrogen) atoms. The summed E-state index contributed by atoms with van der Waals surface area (Å²) < 4.78 is 26.1. The van der Waals surface area contributed by atoms with Crippen LogP contribution in [0.4, 0.5) is 0 Å². The number of carbonyl (C=O) groups is 1. The minimum Gasteiger partial charge on any atom is -0.478 e. The number of nitrogens with zero attached hydrogens (tertiary/aromatic N) is 1. The van der Waals surface area contributed by atoms with E-state index in [4.69, 9.17) is 5.11 Å². The number of aromatic carboxylic acids is 1. The van der Waals surface area contributed by atoms with Gasteiger partial charge in [0.05, 0.1) is 10.5 Å². The van der Waals surface area contributed by atoms with Gasteiger partial charge in [0.15, 0.2) is 0 Å². The summed E-state index contributed by atoms with van der Waals surface area (Å²) in [4.78, 5) is 11.0. The first-order valence-electron chi connectivity index (χ1n) is 5.80. The zero-order valence-corrected chi connectivity index (χ0v) is 13.2. The number of benzene rings is 1. The van der Waals surface area contributed by atoms with Gasteiger partial charge in [-0.25, -0.2) is 17.5 Å². The Morgan fingerprint density at radius 1 is 1.42 bits per heavy atom. The van der Waals surface area contributed by atoms with Crippen LogP contribution in [0.1, 0.15) is 30.1 Å². The molecule has 0 aliphatic heterocycles. The third-order valence-electron chi connectivity index (χ3n) is 2.70. The molecule has 7 heteroatoms. The van der Waals surface area contributed by atoms with E-state index in [1.54, 1.807) is 0 Å². The third-order valence-corrected chi connectivity index (χ3v) is 5.25. The average molecular weight is 350 g/mol. The molecule has 0 aliphatic rings. The maximum absolute atomic E-state index is 12.2. The highest BCUT2D eigenvalue weighted by Gasteiger charge is 2.22. The summed E-state index contributed by atoms with van der Waals surface area (Å²) in [5, 5.41) is 9.00. The summed E-state index contributed by atoms with van der Waals surface area (Å²) >= 11 is 3.09. The molecule has 1 N–H and O–H groups in total. The summed E-state index contributed by atoms with van der Waals surface area (Å²) in [5.41, 5.74) is -0.0648. The molecule has 0 saturated carbocycles. The van der Waals surface area contributed by atoms with Crippen LogP contribution in [0.2, 0.25) is 0 Å². The monoisotopic (exact) mass is 349 g/mol. The van der Waals surface area contributed by atoms with Crippen molar-refractivity contribution < 1.29 is 18.3 Å². The zero-order valence-electron chi connectivity index (χ0n) is 10.8. The van der Waals surface area contributed by atoms with Gasteiger partial charge in [0.25, 0.3) is 0 Å². The lowest BCUT2D eigenvalue weighted by Crippen LogP contribution is -2.28. The summed E-state index contributed by atoms with van der Waals surface area (Å²) in [5.74, 6) is -1.17. The molecule has 106 valence electrons. The molecule has 1 aromatic carbocycles. The zero-order chi connectivity index (χ0) is 14.6. The minimum absolute atomic E-state index is 0.00768. The second-order valence-electron chi connectivity index (χ2n) is 4.13. The smallest absolute Gasteiger partial charge is 0.336 e. The highest BCUT2D eigenvalue weighted by molar-refractivity contribution is 9.10. The van der Waals surface area contributed by atoms with Crippen LogP contribution in [0.25, 0.3) is 0 Å². The Balaban J connectivity index is 3.15. The van der Waals surface area contributed by atoms with E-state index >= 15 is 0 Å². The Bertz CT molecular complexity index is 571. The van der Waals surface area contributed by atoms with Crippen LogP contribution in [-0.2, 0) is 10.0 Å². The SMILES string of the molecule is CCCCN(C)S(=O)(=O)c1ccc(Br)c(C(=O)O)c1. The molecule has 0 bridgehead atoms. The van der Waals surface area contributed by atoms with Gasteiger partial charge < -0.3 is 5.11 Å². The average Bonchev–Trinajstić information content (AvgIpc) is 2.35. The molecule has 1 aromatic rings. The predicted octanol–water partition coefficient (Wildman–Crippen LogP) is 2.57. The van der Waals surface area contributed by atoms with Crippen LogP contribution in [-0.4, -0.2) is 37.4 Å². The third kappa shape index (κ3) is 3.77. The van der Waals surface area contributed by atoms with Crippen molar-refractivity contribution in [3.63, 3.8) is 0 Å². The number of carboxylic acids is 1. The van der Waals surface area contributed by atoms with Gasteiger partial charge in [0.2, 0.25) is 10.0 Å². The summed E-state index contributed by atoms with van der Waals surface area (Å²) in [6.45, 7) is 2.39. The molecule has 1 rings (SSSR count). The van der Waals surface area contributed by atoms with E-state index in [-0.39, 0.29) is 10.5 Å². The van der Waals surface area contributed by atoms with Gasteiger partial charge >= 0.3 is 5.97 Å². The van der Waals surface area contributed by atoms with Gasteiger partial charge in [-0.1, -0.05) is 13.3 Å². The lowest BCUT2D eigenvalue weighted by atomic mass is 10.2. The number of carboxylic acid groups (broad SMARTS) is 1. The molecule has 0 radical (unpaired) electrons. The van der Waals surface area contributed by atoms with Crippen molar-refractivity contribution in [1.29, 1.82) is 0 Å². The number of halogens is 1. The molecule has 0 aliphatic carbocycles. The van der Waals surface area contributed by atoms with Crippen molar-refractivity contribution in [2.24, 2.45) is 0 Å². The number of hydrogen-bond donors (Lipinski definition) is 1. The molecule has 0 spiro atoms. The first-order chi connectivity index (χ1) is 8.80. The van der Waals surface area contributed by atoms with E-state index in [1.807, 2.05) is 6.92 Å². The minimum atomic E-state index is -3.63. The first-order valence-corrected chi connectivity index (χ1v) is 8.03. The van der Waals surface area contributed by atoms with Crippen molar-refractivity contribution >= 4 is 31.9 Å². The number of sulfonamides is 1. The van der Waals surface area contributed by atoms with Crippen molar-refractivity contribution in [2.75, 3.05) is 13.6 Å². The molecule has 0 aromatic heterocycles. The number of hydrogen-bond acceptors (Lipinski definition) is 3. The topological polar surface area (TPSA) is 74.7 Å². The Morgan fingerprint density at radius 3 is 2.58 bits per heavy atom. The van der Waals surface area contributed by atoms with Crippen LogP contribution in [0.15, 0.2) is 27.6 Å². The summed E-state index contributed by atoms with van der Waals surface area (Å²) in [6.07, 6.45) is 1.65. The van der Waals surface area contributed by atoms with E-state index in [9.17, 15) is 13.2 Å². The highest BCUT2D eigenvalue weighted by Crippen LogP contribution is 2.23. The van der Waals surface area contributed by atoms with Crippen LogP contribution in [0, 0.1) is 0 Å². The molecule has 0 unspecified atom stereocenters. The van der Waals surface area contributed by atoms with Crippen molar-refractivity contribution in [1.82, 2.24) is 4.31 Å². The fourth-order valence-corrected chi connectivity index (χ4v) is 3.16. The van der Waals surface area contributed by atoms with Crippen LogP contribution in [0.5, 0.6) is 0 Å². The van der Waals surface area contributed by atoms with Crippen molar-refractivity contribution in [3.8, 4) is 0 Å². The second-order valence-corrected chi connectivity index (χ2v) is 7.03. The van der Waals surface area contributed by atoms with E-state index in [1.165, 1.54) is 29.6 Å². The highest BCUT2D eigenvalue weighted by atomic mass is 79.9. The molecular weight excluding hydrogens is 334 g/mol. The molecule has 0 atom stereocenters. The van der Waals surface area contributed by atoms with Crippen LogP contribution in [0.3, 0.4) is 0 Å². The first kappa shape index (κ1) is 16.1. The van der Waals surface area contributed by atoms with Gasteiger partial charge in [0, 0.05) is 18.1 Å². The van der Waals surface area contributed by atoms with Gasteiger partial charge in [-0.15, -0.1) is 0 Å². The Kier molecular flexibility index (Phi) is 5.51. The maximum atomic E-state index is 12.2. The Morgan fingerprint density at radius 2 is 2.05 bits per heavy atom. The fraction of sp³-hybridized carbons (Fsp3) is 0.417. The summed E-state index contributed by atoms with van der Waals surface area (Å²) in [6, 6.07) is 4.00. The molecule has 5 nitrogen and oxygen atoms in total. The van der Waals surface area contributed by atoms with Gasteiger partial charge in [-0.3, -0.25) is 0 Å².